The molecular formula is C18H25NO. The van der Waals surface area contributed by atoms with Crippen LogP contribution in [0.1, 0.15) is 45.1 Å². The zero-order valence-electron chi connectivity index (χ0n) is 12.9. The standard InChI is InChI=1S/C18H25NO/c1-4-5-6-9-14(2)12-19-13-15(3)18(20)16-10-7-8-11-17(16)19/h7-8,10-11,13-14H,4-6,9,12H2,1-3H3. The highest BCUT2D eigenvalue weighted by molar-refractivity contribution is 5.79. The molecule has 1 aromatic carbocycles. The smallest absolute Gasteiger partial charge is 0.192 e. The van der Waals surface area contributed by atoms with Crippen LogP contribution in [-0.2, 0) is 6.54 Å². The number of para-hydroxylation sites is 1. The number of unbranched alkanes of at least 4 members (excludes halogenated alkanes) is 2. The van der Waals surface area contributed by atoms with E-state index in [1.54, 1.807) is 0 Å². The summed E-state index contributed by atoms with van der Waals surface area (Å²) in [5, 5.41) is 0.841. The molecule has 0 N–H and O–H groups in total. The molecule has 0 saturated heterocycles. The van der Waals surface area contributed by atoms with Gasteiger partial charge in [0.2, 0.25) is 0 Å². The molecule has 20 heavy (non-hydrogen) atoms. The zero-order chi connectivity index (χ0) is 14.5. The maximum Gasteiger partial charge on any atom is 0.192 e. The lowest BCUT2D eigenvalue weighted by molar-refractivity contribution is 0.434. The summed E-state index contributed by atoms with van der Waals surface area (Å²) >= 11 is 0. The molecule has 108 valence electrons. The number of aromatic nitrogens is 1. The Morgan fingerprint density at radius 2 is 1.95 bits per heavy atom. The topological polar surface area (TPSA) is 22.0 Å². The quantitative estimate of drug-likeness (QED) is 0.708. The first-order valence-corrected chi connectivity index (χ1v) is 7.72. The van der Waals surface area contributed by atoms with Gasteiger partial charge in [-0.1, -0.05) is 45.2 Å². The number of fused-ring (bicyclic) bond motifs is 1. The van der Waals surface area contributed by atoms with Crippen molar-refractivity contribution in [3.05, 3.63) is 46.2 Å². The highest BCUT2D eigenvalue weighted by Crippen LogP contribution is 2.16. The van der Waals surface area contributed by atoms with Gasteiger partial charge in [-0.05, 0) is 31.4 Å². The second-order valence-electron chi connectivity index (χ2n) is 5.91. The van der Waals surface area contributed by atoms with Crippen molar-refractivity contribution in [2.75, 3.05) is 0 Å². The van der Waals surface area contributed by atoms with Gasteiger partial charge in [-0.25, -0.2) is 0 Å². The van der Waals surface area contributed by atoms with Gasteiger partial charge in [-0.3, -0.25) is 4.79 Å². The Morgan fingerprint density at radius 3 is 2.70 bits per heavy atom. The molecule has 2 aromatic rings. The third kappa shape index (κ3) is 3.30. The summed E-state index contributed by atoms with van der Waals surface area (Å²) in [5.74, 6) is 0.645. The largest absolute Gasteiger partial charge is 0.347 e. The molecule has 1 heterocycles. The second kappa shape index (κ2) is 6.74. The Hall–Kier alpha value is -1.57. The molecule has 2 nitrogen and oxygen atoms in total. The van der Waals surface area contributed by atoms with Crippen molar-refractivity contribution in [2.45, 2.75) is 53.0 Å². The first kappa shape index (κ1) is 14.8. The zero-order valence-corrected chi connectivity index (χ0v) is 12.9. The number of hydrogen-bond acceptors (Lipinski definition) is 1. The minimum Gasteiger partial charge on any atom is -0.347 e. The molecule has 0 saturated carbocycles. The van der Waals surface area contributed by atoms with Crippen LogP contribution in [0.4, 0.5) is 0 Å². The lowest BCUT2D eigenvalue weighted by Crippen LogP contribution is -2.15. The summed E-state index contributed by atoms with van der Waals surface area (Å²) in [4.78, 5) is 12.2. The predicted molar refractivity (Wildman–Crippen MR) is 86.3 cm³/mol. The van der Waals surface area contributed by atoms with Crippen LogP contribution in [0.5, 0.6) is 0 Å². The van der Waals surface area contributed by atoms with Crippen molar-refractivity contribution in [2.24, 2.45) is 5.92 Å². The molecule has 2 rings (SSSR count). The van der Waals surface area contributed by atoms with Gasteiger partial charge >= 0.3 is 0 Å². The Bertz CT molecular complexity index is 627. The van der Waals surface area contributed by atoms with Crippen molar-refractivity contribution in [1.82, 2.24) is 4.57 Å². The molecule has 0 bridgehead atoms. The molecule has 0 amide bonds. The summed E-state index contributed by atoms with van der Waals surface area (Å²) in [6.07, 6.45) is 7.16. The number of rotatable bonds is 6. The minimum atomic E-state index is 0.162. The van der Waals surface area contributed by atoms with Crippen LogP contribution in [-0.4, -0.2) is 4.57 Å². The molecule has 2 heteroatoms. The molecule has 1 unspecified atom stereocenters. The van der Waals surface area contributed by atoms with Gasteiger partial charge in [0.1, 0.15) is 0 Å². The number of aryl methyl sites for hydroxylation is 1. The number of hydrogen-bond donors (Lipinski definition) is 0. The second-order valence-corrected chi connectivity index (χ2v) is 5.91. The van der Waals surface area contributed by atoms with Crippen molar-refractivity contribution < 1.29 is 0 Å². The van der Waals surface area contributed by atoms with Crippen LogP contribution in [0.3, 0.4) is 0 Å². The van der Waals surface area contributed by atoms with E-state index in [0.29, 0.717) is 5.92 Å². The fraction of sp³-hybridized carbons (Fsp3) is 0.500. The van der Waals surface area contributed by atoms with Crippen molar-refractivity contribution in [3.63, 3.8) is 0 Å². The van der Waals surface area contributed by atoms with E-state index in [1.165, 1.54) is 25.7 Å². The predicted octanol–water partition coefficient (Wildman–Crippen LogP) is 4.53. The van der Waals surface area contributed by atoms with E-state index in [-0.39, 0.29) is 5.43 Å². The van der Waals surface area contributed by atoms with Gasteiger partial charge in [0.25, 0.3) is 0 Å². The van der Waals surface area contributed by atoms with Gasteiger partial charge in [-0.2, -0.15) is 0 Å². The summed E-state index contributed by atoms with van der Waals surface area (Å²) in [6, 6.07) is 7.94. The molecule has 1 atom stereocenters. The van der Waals surface area contributed by atoms with E-state index in [0.717, 1.165) is 23.0 Å². The maximum absolute atomic E-state index is 12.2. The van der Waals surface area contributed by atoms with Crippen LogP contribution in [0.15, 0.2) is 35.3 Å². The normalized spacial score (nSPS) is 12.8. The van der Waals surface area contributed by atoms with Crippen LogP contribution in [0, 0.1) is 12.8 Å². The molecule has 0 fully saturated rings. The van der Waals surface area contributed by atoms with Gasteiger partial charge in [0, 0.05) is 23.7 Å². The van der Waals surface area contributed by atoms with E-state index >= 15 is 0 Å². The number of nitrogens with zero attached hydrogens (tertiary/aromatic N) is 1. The average Bonchev–Trinajstić information content (AvgIpc) is 2.45. The van der Waals surface area contributed by atoms with E-state index in [1.807, 2.05) is 31.3 Å². The molecule has 0 aliphatic rings. The fourth-order valence-electron chi connectivity index (χ4n) is 2.81. The summed E-state index contributed by atoms with van der Waals surface area (Å²) in [6.45, 7) is 7.44. The number of benzene rings is 1. The third-order valence-electron chi connectivity index (χ3n) is 3.97. The van der Waals surface area contributed by atoms with Gasteiger partial charge in [-0.15, -0.1) is 0 Å². The fourth-order valence-corrected chi connectivity index (χ4v) is 2.81. The van der Waals surface area contributed by atoms with E-state index in [9.17, 15) is 4.79 Å². The first-order valence-electron chi connectivity index (χ1n) is 7.72. The maximum atomic E-state index is 12.2. The van der Waals surface area contributed by atoms with Gasteiger partial charge in [0.05, 0.1) is 5.52 Å². The van der Waals surface area contributed by atoms with Crippen LogP contribution >= 0.6 is 0 Å². The summed E-state index contributed by atoms with van der Waals surface area (Å²) < 4.78 is 2.25. The Balaban J connectivity index is 2.26. The molecule has 0 aliphatic heterocycles. The van der Waals surface area contributed by atoms with Crippen molar-refractivity contribution >= 4 is 10.9 Å². The third-order valence-corrected chi connectivity index (χ3v) is 3.97. The van der Waals surface area contributed by atoms with Crippen LogP contribution in [0.25, 0.3) is 10.9 Å². The minimum absolute atomic E-state index is 0.162. The monoisotopic (exact) mass is 271 g/mol. The van der Waals surface area contributed by atoms with Crippen LogP contribution < -0.4 is 5.43 Å². The van der Waals surface area contributed by atoms with Crippen LogP contribution in [0.2, 0.25) is 0 Å². The average molecular weight is 271 g/mol. The Labute approximate surface area is 121 Å². The first-order chi connectivity index (χ1) is 9.63. The molecular weight excluding hydrogens is 246 g/mol. The highest BCUT2D eigenvalue weighted by atomic mass is 16.1. The van der Waals surface area contributed by atoms with E-state index in [4.69, 9.17) is 0 Å². The van der Waals surface area contributed by atoms with Gasteiger partial charge in [0.15, 0.2) is 5.43 Å². The molecule has 1 aromatic heterocycles. The summed E-state index contributed by atoms with van der Waals surface area (Å²) in [5.41, 5.74) is 2.06. The SMILES string of the molecule is CCCCCC(C)Cn1cc(C)c(=O)c2ccccc21. The van der Waals surface area contributed by atoms with Crippen molar-refractivity contribution in [3.8, 4) is 0 Å². The van der Waals surface area contributed by atoms with E-state index in [2.05, 4.69) is 24.5 Å². The Kier molecular flexibility index (Phi) is 4.99. The number of pyridine rings is 1. The molecule has 0 aliphatic carbocycles. The van der Waals surface area contributed by atoms with E-state index < -0.39 is 0 Å². The molecule has 0 spiro atoms. The Morgan fingerprint density at radius 1 is 1.20 bits per heavy atom. The highest BCUT2D eigenvalue weighted by Gasteiger charge is 2.08. The van der Waals surface area contributed by atoms with Crippen molar-refractivity contribution in [1.29, 1.82) is 0 Å². The summed E-state index contributed by atoms with van der Waals surface area (Å²) in [7, 11) is 0. The molecule has 0 radical (unpaired) electrons. The van der Waals surface area contributed by atoms with Gasteiger partial charge < -0.3 is 4.57 Å². The lowest BCUT2D eigenvalue weighted by Gasteiger charge is -2.17. The lowest BCUT2D eigenvalue weighted by atomic mass is 10.0.